The number of hydrogen-bond acceptors (Lipinski definition) is 6. The van der Waals surface area contributed by atoms with E-state index >= 15 is 0 Å². The average Bonchev–Trinajstić information content (AvgIpc) is 3.30. The molecule has 0 aromatic heterocycles. The van der Waals surface area contributed by atoms with Gasteiger partial charge in [0.25, 0.3) is 0 Å². The van der Waals surface area contributed by atoms with Crippen LogP contribution in [-0.4, -0.2) is 56.0 Å². The third-order valence-corrected chi connectivity index (χ3v) is 11.8. The van der Waals surface area contributed by atoms with Crippen LogP contribution < -0.4 is 0 Å². The second kappa shape index (κ2) is 13.0. The molecule has 230 valence electrons. The van der Waals surface area contributed by atoms with E-state index in [4.69, 9.17) is 18.9 Å². The van der Waals surface area contributed by atoms with E-state index in [0.717, 1.165) is 56.0 Å². The van der Waals surface area contributed by atoms with Crippen molar-refractivity contribution in [2.75, 3.05) is 20.3 Å². The molecule has 1 aliphatic heterocycles. The molecule has 10 atom stereocenters. The molecule has 0 amide bonds. The van der Waals surface area contributed by atoms with Gasteiger partial charge in [0.2, 0.25) is 0 Å². The molecule has 6 heteroatoms. The van der Waals surface area contributed by atoms with Crippen LogP contribution in [0.1, 0.15) is 98.3 Å². The maximum atomic E-state index is 11.2. The van der Waals surface area contributed by atoms with E-state index in [2.05, 4.69) is 32.9 Å². The van der Waals surface area contributed by atoms with Gasteiger partial charge in [0.15, 0.2) is 6.29 Å². The fourth-order valence-electron chi connectivity index (χ4n) is 9.59. The third-order valence-electron chi connectivity index (χ3n) is 11.8. The van der Waals surface area contributed by atoms with E-state index < -0.39 is 18.5 Å². The molecular formula is C35H54O6. The average molecular weight is 571 g/mol. The van der Waals surface area contributed by atoms with Crippen LogP contribution in [0.25, 0.3) is 0 Å². The number of hydrogen-bond donors (Lipinski definition) is 1. The van der Waals surface area contributed by atoms with Crippen molar-refractivity contribution >= 4 is 5.97 Å². The first-order valence-electron chi connectivity index (χ1n) is 16.3. The number of fused-ring (bicyclic) bond motifs is 5. The van der Waals surface area contributed by atoms with Crippen LogP contribution in [0.2, 0.25) is 0 Å². The Morgan fingerprint density at radius 2 is 1.93 bits per heavy atom. The van der Waals surface area contributed by atoms with Crippen LogP contribution in [-0.2, 0) is 23.7 Å². The van der Waals surface area contributed by atoms with Gasteiger partial charge >= 0.3 is 5.97 Å². The van der Waals surface area contributed by atoms with E-state index in [1.807, 2.05) is 0 Å². The first-order valence-corrected chi connectivity index (χ1v) is 16.3. The highest BCUT2D eigenvalue weighted by molar-refractivity contribution is 5.65. The van der Waals surface area contributed by atoms with Crippen LogP contribution in [0.15, 0.2) is 35.5 Å². The summed E-state index contributed by atoms with van der Waals surface area (Å²) in [6.45, 7) is 9.85. The lowest BCUT2D eigenvalue weighted by atomic mass is 9.47. The molecule has 0 spiro atoms. The van der Waals surface area contributed by atoms with Crippen LogP contribution in [0, 0.1) is 34.5 Å². The van der Waals surface area contributed by atoms with Gasteiger partial charge in [-0.25, -0.2) is 0 Å². The standard InChI is InChI=1S/C35H54O6/c1-23(9-7-6-8-20-38-5)28-12-13-29-27-11-10-25-21-26(16-18-34(25,3)30(27)17-19-35(28,29)4)40-33-15-14-31(37)32(41-33)22-39-24(2)36/h9-10,14-15,26-33,37H,6-8,11-13,16-22H2,1-5H3/b23-9+/t26-,27-,28+,29-,30-,31-,32+,33?,34-,35+/m0/s1. The molecule has 0 aromatic rings. The van der Waals surface area contributed by atoms with Gasteiger partial charge in [-0.15, -0.1) is 0 Å². The summed E-state index contributed by atoms with van der Waals surface area (Å²) in [7, 11) is 1.79. The molecule has 5 aliphatic rings. The SMILES string of the molecule is COCCCC/C=C(\C)[C@H]1CC[C@H]2[C@@H]3CC=C4C[C@@H](OC5C=C[C@H](O)[C@@H](COC(C)=O)O5)CC[C@]4(C)[C@H]3CC[C@]12C. The van der Waals surface area contributed by atoms with Crippen molar-refractivity contribution in [3.63, 3.8) is 0 Å². The van der Waals surface area contributed by atoms with Crippen LogP contribution in [0.4, 0.5) is 0 Å². The molecule has 5 rings (SSSR count). The Balaban J connectivity index is 1.20. The Labute approximate surface area is 247 Å². The number of carbonyl (C=O) groups is 1. The predicted octanol–water partition coefficient (Wildman–Crippen LogP) is 6.92. The molecule has 1 unspecified atom stereocenters. The second-order valence-electron chi connectivity index (χ2n) is 14.1. The minimum atomic E-state index is -0.797. The highest BCUT2D eigenvalue weighted by Gasteiger charge is 2.58. The summed E-state index contributed by atoms with van der Waals surface area (Å²) in [4.78, 5) is 11.2. The molecule has 0 aromatic carbocycles. The van der Waals surface area contributed by atoms with E-state index in [0.29, 0.717) is 5.41 Å². The summed E-state index contributed by atoms with van der Waals surface area (Å²) < 4.78 is 22.7. The second-order valence-corrected chi connectivity index (χ2v) is 14.1. The molecule has 0 saturated heterocycles. The van der Waals surface area contributed by atoms with Crippen molar-refractivity contribution in [2.24, 2.45) is 34.5 Å². The highest BCUT2D eigenvalue weighted by Crippen LogP contribution is 2.67. The fourth-order valence-corrected chi connectivity index (χ4v) is 9.59. The van der Waals surface area contributed by atoms with Crippen molar-refractivity contribution in [1.82, 2.24) is 0 Å². The number of allylic oxidation sites excluding steroid dienone is 3. The van der Waals surface area contributed by atoms with Gasteiger partial charge in [0, 0.05) is 20.6 Å². The number of rotatable bonds is 10. The number of esters is 1. The quantitative estimate of drug-likeness (QED) is 0.175. The summed E-state index contributed by atoms with van der Waals surface area (Å²) in [5, 5.41) is 10.2. The molecule has 0 bridgehead atoms. The van der Waals surface area contributed by atoms with Gasteiger partial charge < -0.3 is 24.1 Å². The minimum Gasteiger partial charge on any atom is -0.463 e. The van der Waals surface area contributed by atoms with Gasteiger partial charge in [-0.1, -0.05) is 43.2 Å². The fraction of sp³-hybridized carbons (Fsp3) is 0.800. The van der Waals surface area contributed by atoms with E-state index in [1.54, 1.807) is 30.4 Å². The summed E-state index contributed by atoms with van der Waals surface area (Å²) in [5.74, 6) is 2.76. The summed E-state index contributed by atoms with van der Waals surface area (Å²) >= 11 is 0. The van der Waals surface area contributed by atoms with Crippen molar-refractivity contribution in [2.45, 2.75) is 123 Å². The molecule has 0 radical (unpaired) electrons. The number of aliphatic hydroxyl groups excluding tert-OH is 1. The number of ether oxygens (including phenoxy) is 4. The zero-order chi connectivity index (χ0) is 29.2. The smallest absolute Gasteiger partial charge is 0.302 e. The minimum absolute atomic E-state index is 0.0301. The first-order chi connectivity index (χ1) is 19.7. The van der Waals surface area contributed by atoms with Crippen LogP contribution in [0.5, 0.6) is 0 Å². The Hall–Kier alpha value is -1.47. The van der Waals surface area contributed by atoms with Gasteiger partial charge in [-0.3, -0.25) is 4.79 Å². The van der Waals surface area contributed by atoms with Crippen molar-refractivity contribution in [1.29, 1.82) is 0 Å². The first kappa shape index (κ1) is 31.0. The number of unbranched alkanes of at least 4 members (excludes halogenated alkanes) is 2. The normalized spacial score (nSPS) is 42.2. The number of aliphatic hydroxyl groups is 1. The zero-order valence-corrected chi connectivity index (χ0v) is 26.1. The monoisotopic (exact) mass is 570 g/mol. The molecule has 41 heavy (non-hydrogen) atoms. The summed E-state index contributed by atoms with van der Waals surface area (Å²) in [5.41, 5.74) is 3.94. The number of methoxy groups -OCH3 is 1. The largest absolute Gasteiger partial charge is 0.463 e. The Morgan fingerprint density at radius 1 is 1.10 bits per heavy atom. The Kier molecular flexibility index (Phi) is 9.84. The van der Waals surface area contributed by atoms with Crippen molar-refractivity contribution in [3.8, 4) is 0 Å². The molecule has 4 aliphatic carbocycles. The third kappa shape index (κ3) is 6.41. The molecule has 6 nitrogen and oxygen atoms in total. The Morgan fingerprint density at radius 3 is 2.71 bits per heavy atom. The molecule has 3 fully saturated rings. The van der Waals surface area contributed by atoms with Gasteiger partial charge in [-0.05, 0) is 118 Å². The highest BCUT2D eigenvalue weighted by atomic mass is 16.7. The van der Waals surface area contributed by atoms with Gasteiger partial charge in [0.05, 0.1) is 6.10 Å². The van der Waals surface area contributed by atoms with E-state index in [9.17, 15) is 9.90 Å². The lowest BCUT2D eigenvalue weighted by Gasteiger charge is -2.58. The zero-order valence-electron chi connectivity index (χ0n) is 26.1. The summed E-state index contributed by atoms with van der Waals surface area (Å²) in [6, 6.07) is 0. The van der Waals surface area contributed by atoms with Crippen LogP contribution in [0.3, 0.4) is 0 Å². The lowest BCUT2D eigenvalue weighted by Crippen LogP contribution is -2.51. The maximum absolute atomic E-state index is 11.2. The predicted molar refractivity (Wildman–Crippen MR) is 160 cm³/mol. The van der Waals surface area contributed by atoms with Gasteiger partial charge in [-0.2, -0.15) is 0 Å². The lowest BCUT2D eigenvalue weighted by molar-refractivity contribution is -0.207. The maximum Gasteiger partial charge on any atom is 0.302 e. The van der Waals surface area contributed by atoms with E-state index in [-0.39, 0.29) is 24.1 Å². The Bertz CT molecular complexity index is 1020. The number of carbonyl (C=O) groups excluding carboxylic acids is 1. The molecule has 1 N–H and O–H groups in total. The van der Waals surface area contributed by atoms with Crippen LogP contribution >= 0.6 is 0 Å². The van der Waals surface area contributed by atoms with E-state index in [1.165, 1.54) is 51.9 Å². The van der Waals surface area contributed by atoms with Crippen molar-refractivity contribution < 1.29 is 28.8 Å². The topological polar surface area (TPSA) is 74.2 Å². The molecule has 3 saturated carbocycles. The molecular weight excluding hydrogens is 516 g/mol. The van der Waals surface area contributed by atoms with Crippen molar-refractivity contribution in [3.05, 3.63) is 35.5 Å². The van der Waals surface area contributed by atoms with Gasteiger partial charge in [0.1, 0.15) is 18.8 Å². The molecule has 1 heterocycles. The summed E-state index contributed by atoms with van der Waals surface area (Å²) in [6.07, 6.45) is 20.2.